The minimum atomic E-state index is -0.00634. The van der Waals surface area contributed by atoms with Crippen molar-refractivity contribution < 1.29 is 9.53 Å². The van der Waals surface area contributed by atoms with Crippen LogP contribution in [0.2, 0.25) is 0 Å². The molecule has 118 valence electrons. The van der Waals surface area contributed by atoms with Gasteiger partial charge in [0.15, 0.2) is 5.75 Å². The highest BCUT2D eigenvalue weighted by molar-refractivity contribution is 5.98. The third kappa shape index (κ3) is 4.96. The predicted octanol–water partition coefficient (Wildman–Crippen LogP) is 3.42. The minimum absolute atomic E-state index is 0.00634. The summed E-state index contributed by atoms with van der Waals surface area (Å²) in [6.45, 7) is 12.3. The monoisotopic (exact) mass is 292 g/mol. The number of nitrogens with zero attached hydrogens (tertiary/aromatic N) is 1. The van der Waals surface area contributed by atoms with E-state index in [9.17, 15) is 4.79 Å². The normalized spacial score (nSPS) is 11.0. The lowest BCUT2D eigenvalue weighted by Gasteiger charge is -2.27. The molecule has 0 heterocycles. The van der Waals surface area contributed by atoms with Gasteiger partial charge in [0.2, 0.25) is 0 Å². The van der Waals surface area contributed by atoms with Crippen LogP contribution in [0.3, 0.4) is 0 Å². The first-order chi connectivity index (χ1) is 9.86. The molecule has 0 spiro atoms. The highest BCUT2D eigenvalue weighted by atomic mass is 16.5. The Kier molecular flexibility index (Phi) is 6.53. The van der Waals surface area contributed by atoms with Crippen molar-refractivity contribution in [1.82, 2.24) is 4.90 Å². The Morgan fingerprint density at radius 3 is 2.24 bits per heavy atom. The van der Waals surface area contributed by atoms with Crippen molar-refractivity contribution in [1.29, 1.82) is 0 Å². The summed E-state index contributed by atoms with van der Waals surface area (Å²) in [6.07, 6.45) is 0. The third-order valence-electron chi connectivity index (χ3n) is 3.02. The maximum atomic E-state index is 12.9. The first-order valence-electron chi connectivity index (χ1n) is 7.67. The molecule has 4 heteroatoms. The van der Waals surface area contributed by atoms with E-state index in [2.05, 4.69) is 27.7 Å². The number of rotatable bonds is 7. The van der Waals surface area contributed by atoms with Gasteiger partial charge in [-0.25, -0.2) is 0 Å². The molecule has 0 saturated heterocycles. The van der Waals surface area contributed by atoms with Crippen LogP contribution in [-0.4, -0.2) is 30.5 Å². The second kappa shape index (κ2) is 7.91. The SMILES string of the molecule is CCOc1c(N)cccc1C(=O)N(CC(C)C)CC(C)C. The average Bonchev–Trinajstić information content (AvgIpc) is 2.38. The molecule has 0 aliphatic carbocycles. The van der Waals surface area contributed by atoms with E-state index in [1.165, 1.54) is 0 Å². The molecule has 1 amide bonds. The first-order valence-corrected chi connectivity index (χ1v) is 7.67. The number of nitrogen functional groups attached to an aromatic ring is 1. The Labute approximate surface area is 128 Å². The Morgan fingerprint density at radius 1 is 1.19 bits per heavy atom. The zero-order valence-electron chi connectivity index (χ0n) is 13.8. The Hall–Kier alpha value is -1.71. The lowest BCUT2D eigenvalue weighted by molar-refractivity contribution is 0.0711. The van der Waals surface area contributed by atoms with Crippen molar-refractivity contribution in [3.8, 4) is 5.75 Å². The molecule has 0 unspecified atom stereocenters. The number of para-hydroxylation sites is 1. The predicted molar refractivity (Wildman–Crippen MR) is 87.6 cm³/mol. The molecular formula is C17H28N2O2. The van der Waals surface area contributed by atoms with Crippen molar-refractivity contribution in [3.63, 3.8) is 0 Å². The van der Waals surface area contributed by atoms with Crippen molar-refractivity contribution >= 4 is 11.6 Å². The van der Waals surface area contributed by atoms with Gasteiger partial charge in [-0.2, -0.15) is 0 Å². The summed E-state index contributed by atoms with van der Waals surface area (Å²) in [7, 11) is 0. The zero-order valence-corrected chi connectivity index (χ0v) is 13.8. The van der Waals surface area contributed by atoms with E-state index in [1.807, 2.05) is 11.8 Å². The summed E-state index contributed by atoms with van der Waals surface area (Å²) < 4.78 is 5.58. The lowest BCUT2D eigenvalue weighted by Crippen LogP contribution is -2.37. The maximum absolute atomic E-state index is 12.9. The Bertz CT molecular complexity index is 460. The second-order valence-electron chi connectivity index (χ2n) is 6.15. The lowest BCUT2D eigenvalue weighted by atomic mass is 10.1. The first kappa shape index (κ1) is 17.3. The van der Waals surface area contributed by atoms with E-state index < -0.39 is 0 Å². The van der Waals surface area contributed by atoms with E-state index in [-0.39, 0.29) is 5.91 Å². The molecule has 1 aromatic carbocycles. The van der Waals surface area contributed by atoms with Gasteiger partial charge in [0.05, 0.1) is 17.9 Å². The van der Waals surface area contributed by atoms with Crippen LogP contribution in [0.15, 0.2) is 18.2 Å². The van der Waals surface area contributed by atoms with Crippen LogP contribution in [0.5, 0.6) is 5.75 Å². The van der Waals surface area contributed by atoms with Crippen LogP contribution in [-0.2, 0) is 0 Å². The van der Waals surface area contributed by atoms with Crippen molar-refractivity contribution in [2.75, 3.05) is 25.4 Å². The van der Waals surface area contributed by atoms with E-state index in [0.717, 1.165) is 13.1 Å². The fourth-order valence-corrected chi connectivity index (χ4v) is 2.32. The summed E-state index contributed by atoms with van der Waals surface area (Å²) in [5.74, 6) is 1.34. The molecule has 0 bridgehead atoms. The molecule has 0 aliphatic rings. The molecule has 0 saturated carbocycles. The molecule has 2 N–H and O–H groups in total. The molecule has 21 heavy (non-hydrogen) atoms. The van der Waals surface area contributed by atoms with E-state index >= 15 is 0 Å². The van der Waals surface area contributed by atoms with Gasteiger partial charge in [0, 0.05) is 13.1 Å². The van der Waals surface area contributed by atoms with Crippen molar-refractivity contribution in [2.24, 2.45) is 11.8 Å². The van der Waals surface area contributed by atoms with Crippen LogP contribution in [0.1, 0.15) is 45.0 Å². The van der Waals surface area contributed by atoms with Gasteiger partial charge in [-0.05, 0) is 30.9 Å². The number of nitrogens with two attached hydrogens (primary N) is 1. The van der Waals surface area contributed by atoms with Gasteiger partial charge in [0.1, 0.15) is 0 Å². The van der Waals surface area contributed by atoms with Gasteiger partial charge in [-0.1, -0.05) is 33.8 Å². The van der Waals surface area contributed by atoms with Crippen LogP contribution in [0.4, 0.5) is 5.69 Å². The van der Waals surface area contributed by atoms with Gasteiger partial charge in [-0.3, -0.25) is 4.79 Å². The van der Waals surface area contributed by atoms with Crippen LogP contribution in [0, 0.1) is 11.8 Å². The highest BCUT2D eigenvalue weighted by Crippen LogP contribution is 2.28. The molecule has 0 atom stereocenters. The average molecular weight is 292 g/mol. The summed E-state index contributed by atoms with van der Waals surface area (Å²) in [6, 6.07) is 5.35. The third-order valence-corrected chi connectivity index (χ3v) is 3.02. The van der Waals surface area contributed by atoms with Gasteiger partial charge in [0.25, 0.3) is 5.91 Å². The number of benzene rings is 1. The number of ether oxygens (including phenoxy) is 1. The van der Waals surface area contributed by atoms with Crippen molar-refractivity contribution in [2.45, 2.75) is 34.6 Å². The highest BCUT2D eigenvalue weighted by Gasteiger charge is 2.22. The van der Waals surface area contributed by atoms with Crippen LogP contribution in [0.25, 0.3) is 0 Å². The standard InChI is InChI=1S/C17H28N2O2/c1-6-21-16-14(8-7-9-15(16)18)17(20)19(10-12(2)3)11-13(4)5/h7-9,12-13H,6,10-11,18H2,1-5H3. The largest absolute Gasteiger partial charge is 0.491 e. The number of hydrogen-bond donors (Lipinski definition) is 1. The molecule has 4 nitrogen and oxygen atoms in total. The number of anilines is 1. The Balaban J connectivity index is 3.10. The van der Waals surface area contributed by atoms with Crippen molar-refractivity contribution in [3.05, 3.63) is 23.8 Å². The van der Waals surface area contributed by atoms with Gasteiger partial charge >= 0.3 is 0 Å². The van der Waals surface area contributed by atoms with Gasteiger partial charge in [-0.15, -0.1) is 0 Å². The van der Waals surface area contributed by atoms with E-state index in [1.54, 1.807) is 18.2 Å². The summed E-state index contributed by atoms with van der Waals surface area (Å²) in [5.41, 5.74) is 7.02. The zero-order chi connectivity index (χ0) is 16.0. The van der Waals surface area contributed by atoms with Crippen LogP contribution < -0.4 is 10.5 Å². The maximum Gasteiger partial charge on any atom is 0.257 e. The number of amides is 1. The molecule has 1 aromatic rings. The molecule has 0 fully saturated rings. The van der Waals surface area contributed by atoms with Gasteiger partial charge < -0.3 is 15.4 Å². The smallest absolute Gasteiger partial charge is 0.257 e. The fourth-order valence-electron chi connectivity index (χ4n) is 2.32. The number of carbonyl (C=O) groups is 1. The second-order valence-corrected chi connectivity index (χ2v) is 6.15. The summed E-state index contributed by atoms with van der Waals surface area (Å²) >= 11 is 0. The summed E-state index contributed by atoms with van der Waals surface area (Å²) in [4.78, 5) is 14.7. The molecule has 0 radical (unpaired) electrons. The molecule has 1 rings (SSSR count). The Morgan fingerprint density at radius 2 is 1.76 bits per heavy atom. The topological polar surface area (TPSA) is 55.6 Å². The number of hydrogen-bond acceptors (Lipinski definition) is 3. The summed E-state index contributed by atoms with van der Waals surface area (Å²) in [5, 5.41) is 0. The number of carbonyl (C=O) groups excluding carboxylic acids is 1. The van der Waals surface area contributed by atoms with E-state index in [4.69, 9.17) is 10.5 Å². The molecular weight excluding hydrogens is 264 g/mol. The fraction of sp³-hybridized carbons (Fsp3) is 0.588. The minimum Gasteiger partial charge on any atom is -0.491 e. The molecule has 0 aromatic heterocycles. The van der Waals surface area contributed by atoms with E-state index in [0.29, 0.717) is 35.4 Å². The molecule has 0 aliphatic heterocycles. The van der Waals surface area contributed by atoms with Crippen LogP contribution >= 0.6 is 0 Å². The quantitative estimate of drug-likeness (QED) is 0.783.